The third kappa shape index (κ3) is 3.79. The van der Waals surface area contributed by atoms with Crippen LogP contribution >= 0.6 is 0 Å². The van der Waals surface area contributed by atoms with Gasteiger partial charge in [-0.2, -0.15) is 0 Å². The molecule has 0 radical (unpaired) electrons. The van der Waals surface area contributed by atoms with Gasteiger partial charge in [-0.1, -0.05) is 0 Å². The van der Waals surface area contributed by atoms with Crippen LogP contribution in [0.25, 0.3) is 0 Å². The van der Waals surface area contributed by atoms with E-state index in [0.29, 0.717) is 0 Å². The molecule has 1 rings (SSSR count). The molecule has 0 bridgehead atoms. The Bertz CT molecular complexity index is 136. The van der Waals surface area contributed by atoms with Crippen LogP contribution in [0.1, 0.15) is 33.6 Å². The first kappa shape index (κ1) is 11.2. The third-order valence-electron chi connectivity index (χ3n) is 2.99. The van der Waals surface area contributed by atoms with E-state index in [0.717, 1.165) is 12.0 Å². The molecule has 13 heavy (non-hydrogen) atoms. The van der Waals surface area contributed by atoms with E-state index in [9.17, 15) is 0 Å². The van der Waals surface area contributed by atoms with E-state index in [-0.39, 0.29) is 0 Å². The van der Waals surface area contributed by atoms with Crippen molar-refractivity contribution in [3.8, 4) is 0 Å². The predicted molar refractivity (Wildman–Crippen MR) is 60.5 cm³/mol. The van der Waals surface area contributed by atoms with E-state index in [1.807, 2.05) is 0 Å². The van der Waals surface area contributed by atoms with Crippen LogP contribution in [0, 0.1) is 5.92 Å². The monoisotopic (exact) mass is 178 g/mol. The first-order valence-corrected chi connectivity index (χ1v) is 5.98. The molecule has 2 heteroatoms. The normalized spacial score (nSPS) is 23.8. The van der Waals surface area contributed by atoms with Gasteiger partial charge in [0.05, 0.1) is 0 Å². The zero-order valence-electron chi connectivity index (χ0n) is 9.55. The fourth-order valence-corrected chi connectivity index (χ4v) is 2.37. The van der Waals surface area contributed by atoms with Crippen LogP contribution in [0.5, 0.6) is 0 Å². The molecule has 0 aromatic rings. The van der Waals surface area contributed by atoms with Crippen LogP contribution in [0.2, 0.25) is 12.3 Å². The van der Waals surface area contributed by atoms with E-state index in [4.69, 9.17) is 0 Å². The molecular weight excluding hydrogens is 155 g/mol. The number of hydrogen-bond acceptors (Lipinski definition) is 1. The Morgan fingerprint density at radius 2 is 2.23 bits per heavy atom. The average molecular weight is 178 g/mol. The minimum atomic E-state index is 0.835. The summed E-state index contributed by atoms with van der Waals surface area (Å²) in [5, 5.41) is 0. The van der Waals surface area contributed by atoms with Crippen LogP contribution in [0.15, 0.2) is 0 Å². The van der Waals surface area contributed by atoms with Gasteiger partial charge in [0.1, 0.15) is 0 Å². The van der Waals surface area contributed by atoms with Crippen LogP contribution < -0.4 is 0 Å². The molecule has 0 aliphatic carbocycles. The molecule has 1 unspecified atom stereocenters. The standard InChI is InChI=1S/C9H18N.C2H5.Be/c1-8(2)7-10-6-4-5-9(10)3;1-2;/h8-9H,3-7H2,1-2H3;1H2,2H3;. The Balaban J connectivity index is 2.26. The van der Waals surface area contributed by atoms with Gasteiger partial charge in [-0.25, -0.2) is 0 Å². The van der Waals surface area contributed by atoms with Crippen molar-refractivity contribution in [1.82, 2.24) is 4.90 Å². The van der Waals surface area contributed by atoms with Crippen molar-refractivity contribution in [2.45, 2.75) is 51.9 Å². The molecule has 1 heterocycles. The van der Waals surface area contributed by atoms with E-state index in [1.165, 1.54) is 47.0 Å². The number of nitrogens with zero attached hydrogens (tertiary/aromatic N) is 1. The van der Waals surface area contributed by atoms with Gasteiger partial charge in [-0.15, -0.1) is 0 Å². The van der Waals surface area contributed by atoms with E-state index in [1.54, 1.807) is 0 Å². The first-order valence-electron chi connectivity index (χ1n) is 5.98. The van der Waals surface area contributed by atoms with E-state index < -0.39 is 0 Å². The van der Waals surface area contributed by atoms with Crippen LogP contribution in [0.3, 0.4) is 0 Å². The summed E-state index contributed by atoms with van der Waals surface area (Å²) in [6.45, 7) is 9.62. The third-order valence-corrected chi connectivity index (χ3v) is 2.99. The van der Waals surface area contributed by atoms with Gasteiger partial charge in [-0.05, 0) is 0 Å². The molecule has 1 atom stereocenters. The van der Waals surface area contributed by atoms with Gasteiger partial charge < -0.3 is 0 Å². The van der Waals surface area contributed by atoms with Crippen LogP contribution in [-0.4, -0.2) is 32.8 Å². The zero-order valence-corrected chi connectivity index (χ0v) is 9.55. The maximum absolute atomic E-state index is 2.71. The van der Waals surface area contributed by atoms with Crippen molar-refractivity contribution >= 4 is 8.78 Å². The van der Waals surface area contributed by atoms with E-state index >= 15 is 0 Å². The Hall–Kier alpha value is 0.129. The van der Waals surface area contributed by atoms with Gasteiger partial charge in [0, 0.05) is 0 Å². The second-order valence-electron chi connectivity index (χ2n) is 4.83. The molecule has 0 N–H and O–H groups in total. The van der Waals surface area contributed by atoms with Crippen molar-refractivity contribution in [2.24, 2.45) is 5.92 Å². The Morgan fingerprint density at radius 3 is 2.85 bits per heavy atom. The molecule has 0 saturated carbocycles. The molecule has 1 nitrogen and oxygen atoms in total. The van der Waals surface area contributed by atoms with Crippen molar-refractivity contribution < 1.29 is 0 Å². The molecule has 0 amide bonds. The second kappa shape index (κ2) is 5.77. The summed E-state index contributed by atoms with van der Waals surface area (Å²) in [4.78, 5) is 2.71. The molecule has 0 spiro atoms. The maximum atomic E-state index is 2.71. The minimum absolute atomic E-state index is 0.835. The van der Waals surface area contributed by atoms with Gasteiger partial charge in [0.25, 0.3) is 0 Å². The molecule has 0 aromatic heterocycles. The first-order chi connectivity index (χ1) is 6.24. The number of hydrogen-bond donors (Lipinski definition) is 0. The van der Waals surface area contributed by atoms with Gasteiger partial charge >= 0.3 is 84.6 Å². The molecule has 1 aliphatic heterocycles. The Kier molecular flexibility index (Phi) is 4.98. The van der Waals surface area contributed by atoms with Crippen molar-refractivity contribution in [2.75, 3.05) is 13.1 Å². The topological polar surface area (TPSA) is 3.24 Å². The number of rotatable bonds is 5. The molecular formula is C11H23BeN. The summed E-state index contributed by atoms with van der Waals surface area (Å²) in [6.07, 6.45) is 5.67. The Labute approximate surface area is 85.2 Å². The molecule has 1 saturated heterocycles. The van der Waals surface area contributed by atoms with Crippen molar-refractivity contribution in [1.29, 1.82) is 0 Å². The fraction of sp³-hybridized carbons (Fsp3) is 1.00. The molecule has 74 valence electrons. The summed E-state index contributed by atoms with van der Waals surface area (Å²) < 4.78 is 0. The fourth-order valence-electron chi connectivity index (χ4n) is 2.37. The van der Waals surface area contributed by atoms with Crippen molar-refractivity contribution in [3.63, 3.8) is 0 Å². The van der Waals surface area contributed by atoms with Crippen LogP contribution in [0.4, 0.5) is 0 Å². The SMILES string of the molecule is C[CH2][Be][CH2]C1CCCN1CC(C)C. The second-order valence-corrected chi connectivity index (χ2v) is 4.83. The summed E-state index contributed by atoms with van der Waals surface area (Å²) in [6, 6.07) is 0.919. The number of likely N-dealkylation sites (tertiary alicyclic amines) is 1. The molecule has 1 aliphatic rings. The van der Waals surface area contributed by atoms with E-state index in [2.05, 4.69) is 25.7 Å². The van der Waals surface area contributed by atoms with Gasteiger partial charge in [0.2, 0.25) is 0 Å². The predicted octanol–water partition coefficient (Wildman–Crippen LogP) is 2.67. The quantitative estimate of drug-likeness (QED) is 0.585. The van der Waals surface area contributed by atoms with Crippen molar-refractivity contribution in [3.05, 3.63) is 0 Å². The Morgan fingerprint density at radius 1 is 1.46 bits per heavy atom. The zero-order chi connectivity index (χ0) is 9.68. The summed E-state index contributed by atoms with van der Waals surface area (Å²) in [5.74, 6) is 0.835. The van der Waals surface area contributed by atoms with Crippen LogP contribution in [-0.2, 0) is 0 Å². The summed E-state index contributed by atoms with van der Waals surface area (Å²) >= 11 is 0. The van der Waals surface area contributed by atoms with Gasteiger partial charge in [0.15, 0.2) is 0 Å². The summed E-state index contributed by atoms with van der Waals surface area (Å²) in [7, 11) is 1.42. The summed E-state index contributed by atoms with van der Waals surface area (Å²) in [5.41, 5.74) is 0. The average Bonchev–Trinajstić information content (AvgIpc) is 2.48. The molecule has 0 aromatic carbocycles. The van der Waals surface area contributed by atoms with Gasteiger partial charge in [-0.3, -0.25) is 0 Å². The molecule has 1 fully saturated rings.